The van der Waals surface area contributed by atoms with Crippen LogP contribution in [0.5, 0.6) is 0 Å². The van der Waals surface area contributed by atoms with E-state index in [0.717, 1.165) is 11.4 Å². The first-order valence-corrected chi connectivity index (χ1v) is 8.03. The summed E-state index contributed by atoms with van der Waals surface area (Å²) in [5.41, 5.74) is 2.20. The van der Waals surface area contributed by atoms with Crippen LogP contribution in [0, 0.1) is 0 Å². The van der Waals surface area contributed by atoms with Crippen molar-refractivity contribution < 1.29 is 8.42 Å². The first-order valence-electron chi connectivity index (χ1n) is 6.21. The normalized spacial score (nSPS) is 19.4. The van der Waals surface area contributed by atoms with Gasteiger partial charge in [0, 0.05) is 31.5 Å². The molecular formula is C13H20N2O2S. The predicted octanol–water partition coefficient (Wildman–Crippen LogP) is 1.74. The summed E-state index contributed by atoms with van der Waals surface area (Å²) in [6.07, 6.45) is 1.41. The molecule has 0 unspecified atom stereocenters. The largest absolute Gasteiger partial charge is 0.382 e. The molecule has 0 spiro atoms. The van der Waals surface area contributed by atoms with E-state index in [4.69, 9.17) is 0 Å². The highest BCUT2D eigenvalue weighted by atomic mass is 32.2. The van der Waals surface area contributed by atoms with Crippen LogP contribution in [0.15, 0.2) is 24.3 Å². The molecule has 1 aliphatic rings. The van der Waals surface area contributed by atoms with Gasteiger partial charge in [-0.15, -0.1) is 0 Å². The average molecular weight is 268 g/mol. The van der Waals surface area contributed by atoms with E-state index in [1.807, 2.05) is 26.2 Å². The van der Waals surface area contributed by atoms with Crippen molar-refractivity contribution in [3.05, 3.63) is 24.3 Å². The van der Waals surface area contributed by atoms with E-state index in [-0.39, 0.29) is 6.04 Å². The molecule has 0 aliphatic carbocycles. The number of hydrogen-bond acceptors (Lipinski definition) is 4. The number of rotatable bonds is 3. The van der Waals surface area contributed by atoms with Gasteiger partial charge >= 0.3 is 0 Å². The maximum Gasteiger partial charge on any atom is 0.150 e. The number of sulfone groups is 1. The molecule has 1 aliphatic heterocycles. The number of anilines is 2. The fourth-order valence-electron chi connectivity index (χ4n) is 2.14. The molecule has 0 radical (unpaired) electrons. The lowest BCUT2D eigenvalue weighted by molar-refractivity contribution is 0.559. The molecule has 18 heavy (non-hydrogen) atoms. The van der Waals surface area contributed by atoms with Crippen LogP contribution in [0.2, 0.25) is 0 Å². The van der Waals surface area contributed by atoms with Gasteiger partial charge in [0.25, 0.3) is 0 Å². The van der Waals surface area contributed by atoms with Crippen molar-refractivity contribution in [2.45, 2.75) is 18.9 Å². The number of nitrogens with zero attached hydrogens (tertiary/aromatic N) is 1. The zero-order chi connectivity index (χ0) is 13.2. The second-order valence-electron chi connectivity index (χ2n) is 5.02. The number of benzene rings is 1. The lowest BCUT2D eigenvalue weighted by atomic mass is 10.1. The first kappa shape index (κ1) is 13.2. The van der Waals surface area contributed by atoms with E-state index in [1.165, 1.54) is 0 Å². The third-order valence-electron chi connectivity index (χ3n) is 3.29. The highest BCUT2D eigenvalue weighted by Gasteiger charge is 2.23. The highest BCUT2D eigenvalue weighted by Crippen LogP contribution is 2.21. The molecule has 4 nitrogen and oxygen atoms in total. The Morgan fingerprint density at radius 2 is 1.89 bits per heavy atom. The van der Waals surface area contributed by atoms with Gasteiger partial charge in [-0.05, 0) is 31.0 Å². The van der Waals surface area contributed by atoms with Gasteiger partial charge in [0.15, 0.2) is 0 Å². The maximum absolute atomic E-state index is 11.4. The van der Waals surface area contributed by atoms with E-state index < -0.39 is 9.84 Å². The standard InChI is InChI=1S/C13H20N2O2S/c1-15(2)13-5-3-4-12(10-13)14-11-6-8-18(16,17)9-7-11/h3-5,10-11,14H,6-9H2,1-2H3. The Morgan fingerprint density at radius 1 is 1.22 bits per heavy atom. The van der Waals surface area contributed by atoms with Crippen molar-refractivity contribution in [3.63, 3.8) is 0 Å². The van der Waals surface area contributed by atoms with Crippen molar-refractivity contribution in [2.75, 3.05) is 35.8 Å². The van der Waals surface area contributed by atoms with Crippen molar-refractivity contribution in [1.82, 2.24) is 0 Å². The maximum atomic E-state index is 11.4. The minimum atomic E-state index is -2.78. The van der Waals surface area contributed by atoms with Crippen LogP contribution < -0.4 is 10.2 Å². The zero-order valence-electron chi connectivity index (χ0n) is 10.9. The molecule has 1 heterocycles. The monoisotopic (exact) mass is 268 g/mol. The Kier molecular flexibility index (Phi) is 3.80. The average Bonchev–Trinajstić information content (AvgIpc) is 2.32. The molecule has 1 saturated heterocycles. The van der Waals surface area contributed by atoms with Crippen LogP contribution in [0.25, 0.3) is 0 Å². The Hall–Kier alpha value is -1.23. The molecule has 1 N–H and O–H groups in total. The van der Waals surface area contributed by atoms with E-state index >= 15 is 0 Å². The molecule has 0 aromatic heterocycles. The smallest absolute Gasteiger partial charge is 0.150 e. The van der Waals surface area contributed by atoms with Crippen molar-refractivity contribution in [1.29, 1.82) is 0 Å². The molecule has 5 heteroatoms. The van der Waals surface area contributed by atoms with Gasteiger partial charge in [0.05, 0.1) is 11.5 Å². The van der Waals surface area contributed by atoms with Crippen LogP contribution in [0.1, 0.15) is 12.8 Å². The second-order valence-corrected chi connectivity index (χ2v) is 7.32. The van der Waals surface area contributed by atoms with Gasteiger partial charge in [-0.2, -0.15) is 0 Å². The van der Waals surface area contributed by atoms with E-state index in [0.29, 0.717) is 24.3 Å². The summed E-state index contributed by atoms with van der Waals surface area (Å²) in [4.78, 5) is 2.05. The van der Waals surface area contributed by atoms with E-state index in [1.54, 1.807) is 0 Å². The molecule has 2 rings (SSSR count). The summed E-state index contributed by atoms with van der Waals surface area (Å²) >= 11 is 0. The molecule has 100 valence electrons. The SMILES string of the molecule is CN(C)c1cccc(NC2CCS(=O)(=O)CC2)c1. The zero-order valence-corrected chi connectivity index (χ0v) is 11.7. The third-order valence-corrected chi connectivity index (χ3v) is 5.00. The Morgan fingerprint density at radius 3 is 2.50 bits per heavy atom. The molecular weight excluding hydrogens is 248 g/mol. The van der Waals surface area contributed by atoms with Crippen LogP contribution in [-0.4, -0.2) is 40.1 Å². The Bertz CT molecular complexity index is 497. The van der Waals surface area contributed by atoms with Gasteiger partial charge in [0.2, 0.25) is 0 Å². The molecule has 0 amide bonds. The van der Waals surface area contributed by atoms with E-state index in [2.05, 4.69) is 22.3 Å². The van der Waals surface area contributed by atoms with Gasteiger partial charge in [-0.25, -0.2) is 8.42 Å². The minimum absolute atomic E-state index is 0.269. The fraction of sp³-hybridized carbons (Fsp3) is 0.538. The summed E-state index contributed by atoms with van der Waals surface area (Å²) < 4.78 is 22.7. The second kappa shape index (κ2) is 5.18. The Labute approximate surface area is 109 Å². The van der Waals surface area contributed by atoms with Gasteiger partial charge in [-0.1, -0.05) is 6.07 Å². The van der Waals surface area contributed by atoms with Crippen LogP contribution in [0.4, 0.5) is 11.4 Å². The summed E-state index contributed by atoms with van der Waals surface area (Å²) in [6, 6.07) is 8.44. The first-order chi connectivity index (χ1) is 8.46. The van der Waals surface area contributed by atoms with Gasteiger partial charge in [0.1, 0.15) is 9.84 Å². The van der Waals surface area contributed by atoms with Crippen LogP contribution in [-0.2, 0) is 9.84 Å². The summed E-state index contributed by atoms with van der Waals surface area (Å²) in [7, 11) is 1.23. The lowest BCUT2D eigenvalue weighted by Crippen LogP contribution is -2.32. The van der Waals surface area contributed by atoms with E-state index in [9.17, 15) is 8.42 Å². The molecule has 0 atom stereocenters. The summed E-state index contributed by atoms with van der Waals surface area (Å²) in [5.74, 6) is 0.607. The van der Waals surface area contributed by atoms with Crippen molar-refractivity contribution in [2.24, 2.45) is 0 Å². The summed E-state index contributed by atoms with van der Waals surface area (Å²) in [6.45, 7) is 0. The fourth-order valence-corrected chi connectivity index (χ4v) is 3.64. The summed E-state index contributed by atoms with van der Waals surface area (Å²) in [5, 5.41) is 3.42. The Balaban J connectivity index is 2.00. The lowest BCUT2D eigenvalue weighted by Gasteiger charge is -2.24. The van der Waals surface area contributed by atoms with Crippen LogP contribution >= 0.6 is 0 Å². The van der Waals surface area contributed by atoms with Gasteiger partial charge in [-0.3, -0.25) is 0 Å². The predicted molar refractivity (Wildman–Crippen MR) is 76.1 cm³/mol. The molecule has 1 aromatic rings. The molecule has 1 aromatic carbocycles. The van der Waals surface area contributed by atoms with Gasteiger partial charge < -0.3 is 10.2 Å². The van der Waals surface area contributed by atoms with Crippen LogP contribution in [0.3, 0.4) is 0 Å². The third kappa shape index (κ3) is 3.38. The molecule has 0 bridgehead atoms. The van der Waals surface area contributed by atoms with Crippen molar-refractivity contribution in [3.8, 4) is 0 Å². The molecule has 0 saturated carbocycles. The highest BCUT2D eigenvalue weighted by molar-refractivity contribution is 7.91. The topological polar surface area (TPSA) is 49.4 Å². The minimum Gasteiger partial charge on any atom is -0.382 e. The molecule has 1 fully saturated rings. The quantitative estimate of drug-likeness (QED) is 0.907. The van der Waals surface area contributed by atoms with Crippen molar-refractivity contribution >= 4 is 21.2 Å². The number of hydrogen-bond donors (Lipinski definition) is 1. The number of nitrogens with one attached hydrogen (secondary N) is 1.